The Kier molecular flexibility index (Phi) is 4.71. The highest BCUT2D eigenvalue weighted by molar-refractivity contribution is 6.30. The molecule has 0 aliphatic carbocycles. The summed E-state index contributed by atoms with van der Waals surface area (Å²) in [6.45, 7) is 0. The van der Waals surface area contributed by atoms with E-state index in [1.54, 1.807) is 0 Å². The van der Waals surface area contributed by atoms with Crippen molar-refractivity contribution in [3.8, 4) is 0 Å². The highest BCUT2D eigenvalue weighted by atomic mass is 35.5. The summed E-state index contributed by atoms with van der Waals surface area (Å²) in [4.78, 5) is 11.9. The van der Waals surface area contributed by atoms with Crippen molar-refractivity contribution in [3.05, 3.63) is 64.9 Å². The molecule has 0 spiro atoms. The van der Waals surface area contributed by atoms with E-state index in [4.69, 9.17) is 17.3 Å². The van der Waals surface area contributed by atoms with Crippen LogP contribution in [0.2, 0.25) is 5.02 Å². The molecule has 2 aromatic rings. The van der Waals surface area contributed by atoms with Crippen molar-refractivity contribution >= 4 is 23.2 Å². The summed E-state index contributed by atoms with van der Waals surface area (Å²) < 4.78 is 13.5. The molecule has 2 rings (SSSR count). The molecular formula is C15H14ClFN2O. The van der Waals surface area contributed by atoms with Crippen LogP contribution in [0.5, 0.6) is 0 Å². The first-order chi connectivity index (χ1) is 9.56. The van der Waals surface area contributed by atoms with Crippen LogP contribution in [0.15, 0.2) is 48.5 Å². The smallest absolute Gasteiger partial charge is 0.226 e. The normalized spacial score (nSPS) is 11.9. The molecule has 1 atom stereocenters. The highest BCUT2D eigenvalue weighted by Gasteiger charge is 2.13. The van der Waals surface area contributed by atoms with Crippen molar-refractivity contribution in [3.63, 3.8) is 0 Å². The van der Waals surface area contributed by atoms with Gasteiger partial charge in [-0.25, -0.2) is 4.39 Å². The van der Waals surface area contributed by atoms with Gasteiger partial charge >= 0.3 is 0 Å². The molecule has 1 unspecified atom stereocenters. The molecule has 3 nitrogen and oxygen atoms in total. The van der Waals surface area contributed by atoms with Crippen LogP contribution < -0.4 is 11.1 Å². The fourth-order valence-corrected chi connectivity index (χ4v) is 1.98. The Labute approximate surface area is 121 Å². The first kappa shape index (κ1) is 14.5. The Hall–Kier alpha value is -1.91. The van der Waals surface area contributed by atoms with Crippen LogP contribution in [0.25, 0.3) is 0 Å². The minimum atomic E-state index is -0.531. The van der Waals surface area contributed by atoms with E-state index >= 15 is 0 Å². The van der Waals surface area contributed by atoms with E-state index in [0.717, 1.165) is 5.56 Å². The van der Waals surface area contributed by atoms with E-state index in [1.807, 2.05) is 30.3 Å². The number of nitrogens with two attached hydrogens (primary N) is 1. The fourth-order valence-electron chi connectivity index (χ4n) is 1.81. The molecule has 5 heteroatoms. The van der Waals surface area contributed by atoms with E-state index in [2.05, 4.69) is 5.32 Å². The van der Waals surface area contributed by atoms with Gasteiger partial charge in [0.05, 0.1) is 5.69 Å². The zero-order valence-corrected chi connectivity index (χ0v) is 11.4. The summed E-state index contributed by atoms with van der Waals surface area (Å²) in [5, 5.41) is 2.83. The highest BCUT2D eigenvalue weighted by Crippen LogP contribution is 2.21. The molecule has 2 aromatic carbocycles. The zero-order chi connectivity index (χ0) is 14.5. The molecule has 1 amide bonds. The minimum absolute atomic E-state index is 0.0581. The Balaban J connectivity index is 2.01. The molecule has 104 valence electrons. The van der Waals surface area contributed by atoms with E-state index in [1.165, 1.54) is 18.2 Å². The Morgan fingerprint density at radius 3 is 2.65 bits per heavy atom. The summed E-state index contributed by atoms with van der Waals surface area (Å²) in [5.41, 5.74) is 6.85. The van der Waals surface area contributed by atoms with Crippen molar-refractivity contribution in [1.82, 2.24) is 0 Å². The number of hydrogen-bond acceptors (Lipinski definition) is 2. The Morgan fingerprint density at radius 1 is 1.25 bits per heavy atom. The number of carbonyl (C=O) groups is 1. The van der Waals surface area contributed by atoms with Crippen LogP contribution in [0, 0.1) is 5.82 Å². The quantitative estimate of drug-likeness (QED) is 0.906. The lowest BCUT2D eigenvalue weighted by atomic mass is 10.0. The second-order valence-corrected chi connectivity index (χ2v) is 4.83. The van der Waals surface area contributed by atoms with Crippen molar-refractivity contribution in [2.45, 2.75) is 12.5 Å². The number of halogens is 2. The van der Waals surface area contributed by atoms with Gasteiger partial charge in [-0.15, -0.1) is 0 Å². The first-order valence-corrected chi connectivity index (χ1v) is 6.49. The summed E-state index contributed by atoms with van der Waals surface area (Å²) in [6.07, 6.45) is 0.0654. The SMILES string of the molecule is NC(CC(=O)Nc1cc(Cl)ccc1F)c1ccccc1. The van der Waals surface area contributed by atoms with Gasteiger partial charge in [-0.1, -0.05) is 41.9 Å². The van der Waals surface area contributed by atoms with E-state index in [0.29, 0.717) is 5.02 Å². The van der Waals surface area contributed by atoms with Gasteiger partial charge in [0.2, 0.25) is 5.91 Å². The zero-order valence-electron chi connectivity index (χ0n) is 10.6. The van der Waals surface area contributed by atoms with Crippen LogP contribution in [0.4, 0.5) is 10.1 Å². The molecule has 0 saturated carbocycles. The third-order valence-electron chi connectivity index (χ3n) is 2.84. The van der Waals surface area contributed by atoms with Crippen LogP contribution >= 0.6 is 11.6 Å². The van der Waals surface area contributed by atoms with Gasteiger partial charge in [-0.2, -0.15) is 0 Å². The van der Waals surface area contributed by atoms with Gasteiger partial charge in [0.1, 0.15) is 5.82 Å². The Morgan fingerprint density at radius 2 is 1.95 bits per heavy atom. The maximum Gasteiger partial charge on any atom is 0.226 e. The van der Waals surface area contributed by atoms with Gasteiger partial charge in [-0.3, -0.25) is 4.79 Å². The van der Waals surface area contributed by atoms with E-state index in [-0.39, 0.29) is 18.0 Å². The fraction of sp³-hybridized carbons (Fsp3) is 0.133. The summed E-state index contributed by atoms with van der Waals surface area (Å²) in [7, 11) is 0. The summed E-state index contributed by atoms with van der Waals surface area (Å²) >= 11 is 5.76. The second-order valence-electron chi connectivity index (χ2n) is 4.39. The Bertz CT molecular complexity index is 604. The van der Waals surface area contributed by atoms with Gasteiger partial charge in [-0.05, 0) is 23.8 Å². The maximum atomic E-state index is 13.5. The molecule has 0 bridgehead atoms. The predicted molar refractivity (Wildman–Crippen MR) is 78.0 cm³/mol. The molecule has 0 saturated heterocycles. The van der Waals surface area contributed by atoms with Gasteiger partial charge in [0, 0.05) is 17.5 Å². The van der Waals surface area contributed by atoms with Crippen molar-refractivity contribution < 1.29 is 9.18 Å². The lowest BCUT2D eigenvalue weighted by Crippen LogP contribution is -2.21. The van der Waals surface area contributed by atoms with Crippen LogP contribution in [-0.4, -0.2) is 5.91 Å². The van der Waals surface area contributed by atoms with Gasteiger partial charge < -0.3 is 11.1 Å². The maximum absolute atomic E-state index is 13.5. The molecule has 20 heavy (non-hydrogen) atoms. The molecule has 0 heterocycles. The molecular weight excluding hydrogens is 279 g/mol. The number of nitrogens with one attached hydrogen (secondary N) is 1. The molecule has 0 aliphatic heterocycles. The topological polar surface area (TPSA) is 55.1 Å². The van der Waals surface area contributed by atoms with Crippen molar-refractivity contribution in [2.75, 3.05) is 5.32 Å². The van der Waals surface area contributed by atoms with Crippen molar-refractivity contribution in [1.29, 1.82) is 0 Å². The molecule has 3 N–H and O–H groups in total. The van der Waals surface area contributed by atoms with Crippen LogP contribution in [-0.2, 0) is 4.79 Å². The standard InChI is InChI=1S/C15H14ClFN2O/c16-11-6-7-12(17)14(8-11)19-15(20)9-13(18)10-4-2-1-3-5-10/h1-8,13H,9,18H2,(H,19,20). The third-order valence-corrected chi connectivity index (χ3v) is 3.07. The largest absolute Gasteiger partial charge is 0.324 e. The average Bonchev–Trinajstić information content (AvgIpc) is 2.43. The molecule has 0 fully saturated rings. The number of amides is 1. The molecule has 0 radical (unpaired) electrons. The predicted octanol–water partition coefficient (Wildman–Crippen LogP) is 3.51. The number of anilines is 1. The minimum Gasteiger partial charge on any atom is -0.324 e. The first-order valence-electron chi connectivity index (χ1n) is 6.11. The molecule has 0 aromatic heterocycles. The number of hydrogen-bond donors (Lipinski definition) is 2. The summed E-state index contributed by atoms with van der Waals surface area (Å²) in [5.74, 6) is -0.890. The lowest BCUT2D eigenvalue weighted by Gasteiger charge is -2.12. The monoisotopic (exact) mass is 292 g/mol. The van der Waals surface area contributed by atoms with Gasteiger partial charge in [0.15, 0.2) is 0 Å². The van der Waals surface area contributed by atoms with Gasteiger partial charge in [0.25, 0.3) is 0 Å². The lowest BCUT2D eigenvalue weighted by molar-refractivity contribution is -0.116. The summed E-state index contributed by atoms with van der Waals surface area (Å²) in [6, 6.07) is 12.8. The molecule has 0 aliphatic rings. The number of rotatable bonds is 4. The van der Waals surface area contributed by atoms with E-state index < -0.39 is 11.9 Å². The number of benzene rings is 2. The average molecular weight is 293 g/mol. The second kappa shape index (κ2) is 6.50. The van der Waals surface area contributed by atoms with Crippen LogP contribution in [0.3, 0.4) is 0 Å². The third kappa shape index (κ3) is 3.79. The van der Waals surface area contributed by atoms with Crippen LogP contribution in [0.1, 0.15) is 18.0 Å². The van der Waals surface area contributed by atoms with E-state index in [9.17, 15) is 9.18 Å². The number of carbonyl (C=O) groups excluding carboxylic acids is 1. The van der Waals surface area contributed by atoms with Crippen molar-refractivity contribution in [2.24, 2.45) is 5.73 Å².